The summed E-state index contributed by atoms with van der Waals surface area (Å²) in [6.45, 7) is 12.9. The van der Waals surface area contributed by atoms with Gasteiger partial charge in [-0.25, -0.2) is 4.67 Å². The number of likely N-dealkylation sites (N-methyl/N-ethyl adjacent to an activating group) is 2. The van der Waals surface area contributed by atoms with E-state index in [-0.39, 0.29) is 36.6 Å². The van der Waals surface area contributed by atoms with Gasteiger partial charge in [0, 0.05) is 44.3 Å². The molecule has 3 fully saturated rings. The summed E-state index contributed by atoms with van der Waals surface area (Å²) < 4.78 is 59.6. The molecular weight excluding hydrogens is 738 g/mol. The van der Waals surface area contributed by atoms with Crippen LogP contribution in [0.3, 0.4) is 0 Å². The Labute approximate surface area is 336 Å². The summed E-state index contributed by atoms with van der Waals surface area (Å²) in [6, 6.07) is 10.1. The van der Waals surface area contributed by atoms with E-state index in [9.17, 15) is 18.0 Å². The Hall–Kier alpha value is -2.00. The molecule has 0 radical (unpaired) electrons. The lowest BCUT2D eigenvalue weighted by molar-refractivity contribution is -0.143. The first-order chi connectivity index (χ1) is 26.5. The Balaban J connectivity index is 1.07. The van der Waals surface area contributed by atoms with Crippen molar-refractivity contribution in [1.82, 2.24) is 19.4 Å². The standard InChI is InChI=1S/C43H69F3N5O4P/c1-30(2)51(31(3)4)56(54-26-9-22-47)55-35-13-12-33(28-35)49(7)23-10-25-53-34-14-16-36-32(27-34)11-15-38-37(36)19-20-42(5)39(38)17-18-40(42)50(8)41(52)29-48(6)24-21-43(44,45)46/h14,16,27,30-31,33,35,37-40H,9-13,15,17-21,23-26,28-29H2,1-8H3/t33-,35-,37?,38?,39?,40+,42+,56?/m1/s1. The van der Waals surface area contributed by atoms with Gasteiger partial charge in [-0.1, -0.05) is 13.0 Å². The van der Waals surface area contributed by atoms with Crippen LogP contribution in [-0.4, -0.2) is 116 Å². The highest BCUT2D eigenvalue weighted by Crippen LogP contribution is 2.62. The van der Waals surface area contributed by atoms with Crippen LogP contribution in [0.5, 0.6) is 5.75 Å². The van der Waals surface area contributed by atoms with Crippen molar-refractivity contribution < 1.29 is 31.8 Å². The molecule has 0 N–H and O–H groups in total. The van der Waals surface area contributed by atoms with E-state index in [2.05, 4.69) is 75.5 Å². The Morgan fingerprint density at radius 2 is 1.77 bits per heavy atom. The lowest BCUT2D eigenvalue weighted by Crippen LogP contribution is -2.52. The van der Waals surface area contributed by atoms with Gasteiger partial charge in [0.25, 0.3) is 8.53 Å². The topological polar surface area (TPSA) is 81.5 Å². The van der Waals surface area contributed by atoms with Crippen LogP contribution in [0.15, 0.2) is 18.2 Å². The summed E-state index contributed by atoms with van der Waals surface area (Å²) in [5, 5.41) is 9.04. The number of fused-ring (bicyclic) bond motifs is 5. The van der Waals surface area contributed by atoms with Crippen LogP contribution in [-0.2, 0) is 20.3 Å². The molecule has 0 heterocycles. The fraction of sp³-hybridized carbons (Fsp3) is 0.814. The number of benzene rings is 1. The van der Waals surface area contributed by atoms with Gasteiger partial charge in [-0.05, 0) is 152 Å². The maximum absolute atomic E-state index is 13.3. The molecule has 316 valence electrons. The Morgan fingerprint density at radius 1 is 1.02 bits per heavy atom. The fourth-order valence-electron chi connectivity index (χ4n) is 10.7. The second-order valence-electron chi connectivity index (χ2n) is 17.9. The average molecular weight is 808 g/mol. The molecule has 3 saturated carbocycles. The number of aryl methyl sites for hydroxylation is 1. The highest BCUT2D eigenvalue weighted by molar-refractivity contribution is 7.44. The molecule has 9 nitrogen and oxygen atoms in total. The van der Waals surface area contributed by atoms with Crippen LogP contribution >= 0.6 is 8.53 Å². The Kier molecular flexibility index (Phi) is 16.0. The Bertz CT molecular complexity index is 1470. The zero-order chi connectivity index (χ0) is 40.8. The van der Waals surface area contributed by atoms with Gasteiger partial charge >= 0.3 is 6.18 Å². The second kappa shape index (κ2) is 19.8. The maximum atomic E-state index is 13.3. The number of carbonyl (C=O) groups excluding carboxylic acids is 1. The second-order valence-corrected chi connectivity index (χ2v) is 19.4. The summed E-state index contributed by atoms with van der Waals surface area (Å²) in [5.41, 5.74) is 2.90. The van der Waals surface area contributed by atoms with Gasteiger partial charge in [-0.2, -0.15) is 18.4 Å². The third-order valence-corrected chi connectivity index (χ3v) is 15.7. The van der Waals surface area contributed by atoms with Gasteiger partial charge < -0.3 is 23.6 Å². The minimum Gasteiger partial charge on any atom is -0.494 e. The SMILES string of the molecule is CC(C)N(C(C)C)P(OCCC#N)O[C@@H]1CC[C@@H](N(C)CCCOc2ccc3c(c2)CCC2C3CC[C@@]3(C)C2CC[C@@H]3N(C)C(=O)CN(C)CCC(F)(F)F)C1. The molecule has 13 heteroatoms. The molecule has 56 heavy (non-hydrogen) atoms. The molecule has 1 amide bonds. The number of halogens is 3. The van der Waals surface area contributed by atoms with Crippen molar-refractivity contribution in [2.24, 2.45) is 17.3 Å². The zero-order valence-corrected chi connectivity index (χ0v) is 36.2. The van der Waals surface area contributed by atoms with Crippen LogP contribution in [0.1, 0.15) is 122 Å². The van der Waals surface area contributed by atoms with Crippen LogP contribution in [0.4, 0.5) is 13.2 Å². The third kappa shape index (κ3) is 11.2. The molecular formula is C43H69F3N5O4P. The van der Waals surface area contributed by atoms with Crippen LogP contribution in [0.25, 0.3) is 0 Å². The van der Waals surface area contributed by atoms with Crippen molar-refractivity contribution in [3.63, 3.8) is 0 Å². The summed E-state index contributed by atoms with van der Waals surface area (Å²) in [6.07, 6.45) is 5.81. The minimum atomic E-state index is -4.22. The first kappa shape index (κ1) is 45.1. The van der Waals surface area contributed by atoms with E-state index in [0.29, 0.717) is 55.5 Å². The van der Waals surface area contributed by atoms with Gasteiger partial charge in [0.05, 0.1) is 44.8 Å². The number of carbonyl (C=O) groups is 1. The summed E-state index contributed by atoms with van der Waals surface area (Å²) in [7, 11) is 4.45. The highest BCUT2D eigenvalue weighted by atomic mass is 31.2. The first-order valence-electron chi connectivity index (χ1n) is 21.2. The predicted octanol–water partition coefficient (Wildman–Crippen LogP) is 9.17. The number of alkyl halides is 3. The van der Waals surface area contributed by atoms with Crippen molar-refractivity contribution in [1.29, 1.82) is 5.26 Å². The van der Waals surface area contributed by atoms with E-state index in [1.54, 1.807) is 7.05 Å². The zero-order valence-electron chi connectivity index (χ0n) is 35.3. The van der Waals surface area contributed by atoms with E-state index in [4.69, 9.17) is 19.0 Å². The molecule has 0 aromatic heterocycles. The highest BCUT2D eigenvalue weighted by Gasteiger charge is 2.56. The smallest absolute Gasteiger partial charge is 0.390 e. The summed E-state index contributed by atoms with van der Waals surface area (Å²) in [5.74, 6) is 2.50. The molecule has 4 aliphatic carbocycles. The van der Waals surface area contributed by atoms with Gasteiger partial charge in [0.2, 0.25) is 5.91 Å². The van der Waals surface area contributed by atoms with Crippen molar-refractivity contribution in [3.8, 4) is 11.8 Å². The molecule has 5 rings (SSSR count). The number of ether oxygens (including phenoxy) is 1. The Morgan fingerprint density at radius 3 is 2.46 bits per heavy atom. The number of hydrogen-bond donors (Lipinski definition) is 0. The number of amides is 1. The molecule has 4 aliphatic rings. The fourth-order valence-corrected chi connectivity index (χ4v) is 12.4. The molecule has 4 unspecified atom stereocenters. The van der Waals surface area contributed by atoms with Crippen molar-refractivity contribution in [3.05, 3.63) is 29.3 Å². The molecule has 0 saturated heterocycles. The minimum absolute atomic E-state index is 0.0144. The average Bonchev–Trinajstić information content (AvgIpc) is 3.75. The number of rotatable bonds is 19. The molecule has 1 aromatic rings. The molecule has 0 bridgehead atoms. The van der Waals surface area contributed by atoms with E-state index >= 15 is 0 Å². The third-order valence-electron chi connectivity index (χ3n) is 13.5. The lowest BCUT2D eigenvalue weighted by Gasteiger charge is -2.52. The van der Waals surface area contributed by atoms with Crippen LogP contribution in [0.2, 0.25) is 0 Å². The lowest BCUT2D eigenvalue weighted by atomic mass is 9.55. The monoisotopic (exact) mass is 808 g/mol. The normalized spacial score (nSPS) is 28.1. The summed E-state index contributed by atoms with van der Waals surface area (Å²) >= 11 is 0. The van der Waals surface area contributed by atoms with E-state index in [0.717, 1.165) is 76.5 Å². The quantitative estimate of drug-likeness (QED) is 0.101. The van der Waals surface area contributed by atoms with Gasteiger partial charge in [0.15, 0.2) is 0 Å². The molecule has 8 atom stereocenters. The predicted molar refractivity (Wildman–Crippen MR) is 216 cm³/mol. The number of hydrogen-bond acceptors (Lipinski definition) is 8. The first-order valence-corrected chi connectivity index (χ1v) is 22.4. The van der Waals surface area contributed by atoms with Crippen molar-refractivity contribution in [2.75, 3.05) is 54.0 Å². The van der Waals surface area contributed by atoms with E-state index < -0.39 is 21.1 Å². The van der Waals surface area contributed by atoms with Crippen molar-refractivity contribution in [2.45, 2.75) is 154 Å². The largest absolute Gasteiger partial charge is 0.494 e. The van der Waals surface area contributed by atoms with Gasteiger partial charge in [0.1, 0.15) is 5.75 Å². The van der Waals surface area contributed by atoms with E-state index in [1.807, 2.05) is 11.9 Å². The maximum Gasteiger partial charge on any atom is 0.390 e. The summed E-state index contributed by atoms with van der Waals surface area (Å²) in [4.78, 5) is 19.1. The number of nitrogens with zero attached hydrogens (tertiary/aromatic N) is 5. The van der Waals surface area contributed by atoms with Gasteiger partial charge in [-0.15, -0.1) is 0 Å². The molecule has 0 spiro atoms. The number of nitriles is 1. The van der Waals surface area contributed by atoms with Gasteiger partial charge in [-0.3, -0.25) is 9.69 Å². The molecule has 0 aliphatic heterocycles. The van der Waals surface area contributed by atoms with Crippen molar-refractivity contribution >= 4 is 14.4 Å². The van der Waals surface area contributed by atoms with Crippen LogP contribution in [0, 0.1) is 28.6 Å². The van der Waals surface area contributed by atoms with Crippen LogP contribution < -0.4 is 4.74 Å². The van der Waals surface area contributed by atoms with E-state index in [1.165, 1.54) is 16.0 Å². The molecule has 1 aromatic carbocycles.